The van der Waals surface area contributed by atoms with Crippen molar-refractivity contribution < 1.29 is 24.2 Å². The van der Waals surface area contributed by atoms with E-state index in [1.165, 1.54) is 0 Å². The van der Waals surface area contributed by atoms with Gasteiger partial charge >= 0.3 is 12.1 Å². The second kappa shape index (κ2) is 9.25. The lowest BCUT2D eigenvalue weighted by Gasteiger charge is -2.29. The van der Waals surface area contributed by atoms with Gasteiger partial charge in [-0.05, 0) is 61.3 Å². The largest absolute Gasteiger partial charge is 0.481 e. The number of hydrogen-bond donors (Lipinski definition) is 3. The molecule has 0 heterocycles. The molecule has 1 unspecified atom stereocenters. The predicted octanol–water partition coefficient (Wildman–Crippen LogP) is 4.06. The molecule has 2 aromatic carbocycles. The Morgan fingerprint density at radius 2 is 1.61 bits per heavy atom. The molecule has 0 saturated heterocycles. The number of carbonyl (C=O) groups excluding carboxylic acids is 2. The van der Waals surface area contributed by atoms with E-state index in [9.17, 15) is 14.4 Å². The third-order valence-corrected chi connectivity index (χ3v) is 6.64. The van der Waals surface area contributed by atoms with Gasteiger partial charge in [0.15, 0.2) is 0 Å². The highest BCUT2D eigenvalue weighted by molar-refractivity contribution is 5.87. The first kappa shape index (κ1) is 22.8. The summed E-state index contributed by atoms with van der Waals surface area (Å²) < 4.78 is 5.54. The summed E-state index contributed by atoms with van der Waals surface area (Å²) in [7, 11) is 0. The van der Waals surface area contributed by atoms with Crippen LogP contribution in [0.15, 0.2) is 48.5 Å². The Morgan fingerprint density at radius 1 is 1.03 bits per heavy atom. The van der Waals surface area contributed by atoms with Gasteiger partial charge in [0.1, 0.15) is 12.6 Å². The lowest BCUT2D eigenvalue weighted by atomic mass is 9.97. The Kier molecular flexibility index (Phi) is 6.40. The van der Waals surface area contributed by atoms with Gasteiger partial charge in [0.25, 0.3) is 0 Å². The average Bonchev–Trinajstić information content (AvgIpc) is 3.59. The summed E-state index contributed by atoms with van der Waals surface area (Å²) in [6, 6.07) is 15.1. The van der Waals surface area contributed by atoms with Gasteiger partial charge in [-0.1, -0.05) is 48.5 Å². The van der Waals surface area contributed by atoms with Gasteiger partial charge in [0.2, 0.25) is 5.91 Å². The fraction of sp³-hybridized carbons (Fsp3) is 0.423. The number of carboxylic acid groups (broad SMARTS) is 1. The maximum absolute atomic E-state index is 12.9. The molecular weight excluding hydrogens is 420 g/mol. The van der Waals surface area contributed by atoms with Gasteiger partial charge in [-0.15, -0.1) is 0 Å². The van der Waals surface area contributed by atoms with E-state index in [0.717, 1.165) is 35.1 Å². The molecule has 1 fully saturated rings. The van der Waals surface area contributed by atoms with Crippen molar-refractivity contribution in [2.75, 3.05) is 6.61 Å². The maximum atomic E-state index is 12.9. The van der Waals surface area contributed by atoms with Gasteiger partial charge < -0.3 is 20.5 Å². The van der Waals surface area contributed by atoms with E-state index in [0.29, 0.717) is 5.92 Å². The van der Waals surface area contributed by atoms with Crippen LogP contribution >= 0.6 is 0 Å². The third-order valence-electron chi connectivity index (χ3n) is 6.64. The number of ether oxygens (including phenoxy) is 1. The number of benzene rings is 2. The van der Waals surface area contributed by atoms with E-state index in [1.807, 2.05) is 50.2 Å². The summed E-state index contributed by atoms with van der Waals surface area (Å²) in [6.45, 7) is 4.02. The maximum Gasteiger partial charge on any atom is 0.407 e. The molecule has 0 aliphatic heterocycles. The molecule has 1 saturated carbocycles. The van der Waals surface area contributed by atoms with Crippen LogP contribution in [0.4, 0.5) is 4.79 Å². The summed E-state index contributed by atoms with van der Waals surface area (Å²) >= 11 is 0. The molecule has 2 aliphatic rings. The van der Waals surface area contributed by atoms with Crippen LogP contribution in [0.25, 0.3) is 11.1 Å². The minimum absolute atomic E-state index is 0.00783. The molecule has 7 heteroatoms. The molecule has 1 atom stereocenters. The summed E-state index contributed by atoms with van der Waals surface area (Å²) in [5.74, 6) is -1.11. The van der Waals surface area contributed by atoms with Gasteiger partial charge in [-0.2, -0.15) is 0 Å². The fourth-order valence-corrected chi connectivity index (χ4v) is 4.63. The zero-order valence-corrected chi connectivity index (χ0v) is 19.0. The number of nitrogens with one attached hydrogen (secondary N) is 2. The first-order chi connectivity index (χ1) is 15.8. The Labute approximate surface area is 193 Å². The first-order valence-electron chi connectivity index (χ1n) is 11.4. The number of aliphatic carboxylic acids is 1. The minimum Gasteiger partial charge on any atom is -0.481 e. The first-order valence-corrected chi connectivity index (χ1v) is 11.4. The van der Waals surface area contributed by atoms with Crippen molar-refractivity contribution in [1.29, 1.82) is 0 Å². The van der Waals surface area contributed by atoms with Crippen LogP contribution in [-0.2, 0) is 14.3 Å². The van der Waals surface area contributed by atoms with Gasteiger partial charge in [0.05, 0.1) is 0 Å². The normalized spacial score (nSPS) is 15.8. The molecule has 2 amide bonds. The lowest BCUT2D eigenvalue weighted by Crippen LogP contribution is -2.54. The van der Waals surface area contributed by atoms with Crippen molar-refractivity contribution in [3.8, 4) is 11.1 Å². The monoisotopic (exact) mass is 450 g/mol. The van der Waals surface area contributed by atoms with Crippen molar-refractivity contribution >= 4 is 18.0 Å². The van der Waals surface area contributed by atoms with E-state index in [1.54, 1.807) is 0 Å². The highest BCUT2D eigenvalue weighted by Crippen LogP contribution is 2.44. The fourth-order valence-electron chi connectivity index (χ4n) is 4.63. The Morgan fingerprint density at radius 3 is 2.15 bits per heavy atom. The highest BCUT2D eigenvalue weighted by atomic mass is 16.5. The molecule has 174 valence electrons. The molecule has 0 spiro atoms. The SMILES string of the molecule is CC(C)(NC(=O)C(CCC(=O)O)NC(=O)OCC1c2ccccc2-c2ccccc21)C1CC1. The third kappa shape index (κ3) is 5.18. The highest BCUT2D eigenvalue weighted by Gasteiger charge is 2.40. The van der Waals surface area contributed by atoms with E-state index < -0.39 is 23.6 Å². The van der Waals surface area contributed by atoms with Crippen molar-refractivity contribution in [3.05, 3.63) is 59.7 Å². The number of fused-ring (bicyclic) bond motifs is 3. The predicted molar refractivity (Wildman–Crippen MR) is 124 cm³/mol. The molecule has 0 aromatic heterocycles. The standard InChI is InChI=1S/C26H30N2O5/c1-26(2,16-11-12-16)28-24(31)22(13-14-23(29)30)27-25(32)33-15-21-19-9-5-3-7-17(19)18-8-4-6-10-20(18)21/h3-10,16,21-22H,11-15H2,1-2H3,(H,27,32)(H,28,31)(H,29,30). The molecule has 2 aliphatic carbocycles. The smallest absolute Gasteiger partial charge is 0.407 e. The number of amides is 2. The Hall–Kier alpha value is -3.35. The molecular formula is C26H30N2O5. The number of carboxylic acids is 1. The van der Waals surface area contributed by atoms with E-state index in [4.69, 9.17) is 9.84 Å². The quantitative estimate of drug-likeness (QED) is 0.534. The molecule has 4 rings (SSSR count). The number of alkyl carbamates (subject to hydrolysis) is 1. The number of hydrogen-bond acceptors (Lipinski definition) is 4. The Bertz CT molecular complexity index is 1010. The van der Waals surface area contributed by atoms with Crippen molar-refractivity contribution in [2.24, 2.45) is 5.92 Å². The van der Waals surface area contributed by atoms with Crippen LogP contribution in [0, 0.1) is 5.92 Å². The van der Waals surface area contributed by atoms with E-state index in [-0.39, 0.29) is 31.3 Å². The molecule has 0 bridgehead atoms. The van der Waals surface area contributed by atoms with Gasteiger partial charge in [-0.25, -0.2) is 4.79 Å². The number of carbonyl (C=O) groups is 3. The molecule has 0 radical (unpaired) electrons. The molecule has 33 heavy (non-hydrogen) atoms. The van der Waals surface area contributed by atoms with Gasteiger partial charge in [0, 0.05) is 17.9 Å². The van der Waals surface area contributed by atoms with Crippen molar-refractivity contribution in [1.82, 2.24) is 10.6 Å². The van der Waals surface area contributed by atoms with Crippen LogP contribution in [0.2, 0.25) is 0 Å². The minimum atomic E-state index is -1.02. The van der Waals surface area contributed by atoms with Crippen molar-refractivity contribution in [2.45, 2.75) is 57.0 Å². The van der Waals surface area contributed by atoms with E-state index in [2.05, 4.69) is 22.8 Å². The van der Waals surface area contributed by atoms with Crippen molar-refractivity contribution in [3.63, 3.8) is 0 Å². The molecule has 3 N–H and O–H groups in total. The van der Waals surface area contributed by atoms with Crippen LogP contribution in [0.1, 0.15) is 56.6 Å². The Balaban J connectivity index is 1.41. The molecule has 7 nitrogen and oxygen atoms in total. The summed E-state index contributed by atoms with van der Waals surface area (Å²) in [5, 5.41) is 14.6. The van der Waals surface area contributed by atoms with Crippen LogP contribution in [0.5, 0.6) is 0 Å². The van der Waals surface area contributed by atoms with Crippen LogP contribution < -0.4 is 10.6 Å². The average molecular weight is 451 g/mol. The summed E-state index contributed by atoms with van der Waals surface area (Å²) in [6.07, 6.45) is 1.13. The number of rotatable bonds is 9. The van der Waals surface area contributed by atoms with Crippen LogP contribution in [-0.4, -0.2) is 41.3 Å². The zero-order chi connectivity index (χ0) is 23.6. The summed E-state index contributed by atoms with van der Waals surface area (Å²) in [4.78, 5) is 36.6. The lowest BCUT2D eigenvalue weighted by molar-refractivity contribution is -0.137. The molecule has 2 aromatic rings. The van der Waals surface area contributed by atoms with Crippen LogP contribution in [0.3, 0.4) is 0 Å². The zero-order valence-electron chi connectivity index (χ0n) is 19.0. The van der Waals surface area contributed by atoms with E-state index >= 15 is 0 Å². The summed E-state index contributed by atoms with van der Waals surface area (Å²) in [5.41, 5.74) is 4.04. The van der Waals surface area contributed by atoms with Gasteiger partial charge in [-0.3, -0.25) is 9.59 Å². The second-order valence-electron chi connectivity index (χ2n) is 9.44. The topological polar surface area (TPSA) is 105 Å². The second-order valence-corrected chi connectivity index (χ2v) is 9.44.